The van der Waals surface area contributed by atoms with E-state index >= 15 is 0 Å². The number of hydrogen-bond donors (Lipinski definition) is 1. The Hall–Kier alpha value is -0.0800. The van der Waals surface area contributed by atoms with Gasteiger partial charge in [-0.1, -0.05) is 13.3 Å². The number of likely N-dealkylation sites (N-methyl/N-ethyl adjacent to an activating group) is 1. The highest BCUT2D eigenvalue weighted by Crippen LogP contribution is 2.30. The summed E-state index contributed by atoms with van der Waals surface area (Å²) >= 11 is 0. The van der Waals surface area contributed by atoms with E-state index in [1.807, 2.05) is 0 Å². The highest BCUT2D eigenvalue weighted by molar-refractivity contribution is 4.84. The van der Waals surface area contributed by atoms with Crippen LogP contribution in [-0.4, -0.2) is 37.1 Å². The van der Waals surface area contributed by atoms with E-state index in [0.717, 1.165) is 18.0 Å². The summed E-state index contributed by atoms with van der Waals surface area (Å²) in [4.78, 5) is 2.61. The summed E-state index contributed by atoms with van der Waals surface area (Å²) in [5.41, 5.74) is 0. The van der Waals surface area contributed by atoms with Crippen LogP contribution >= 0.6 is 0 Å². The molecule has 15 heavy (non-hydrogen) atoms. The first-order valence-corrected chi connectivity index (χ1v) is 6.73. The largest absolute Gasteiger partial charge is 0.313 e. The van der Waals surface area contributed by atoms with E-state index in [0.29, 0.717) is 0 Å². The fourth-order valence-corrected chi connectivity index (χ4v) is 3.23. The topological polar surface area (TPSA) is 15.3 Å². The zero-order valence-electron chi connectivity index (χ0n) is 10.3. The molecule has 0 bridgehead atoms. The molecule has 1 aliphatic heterocycles. The van der Waals surface area contributed by atoms with Crippen LogP contribution < -0.4 is 5.32 Å². The van der Waals surface area contributed by atoms with Gasteiger partial charge in [-0.3, -0.25) is 0 Å². The van der Waals surface area contributed by atoms with E-state index in [9.17, 15) is 0 Å². The first-order chi connectivity index (χ1) is 7.29. The predicted molar refractivity (Wildman–Crippen MR) is 65.1 cm³/mol. The normalized spacial score (nSPS) is 36.6. The standard InChI is InChI=1S/C13H26N2/c1-3-11-6-7-13(9-11)15(2)10-12-5-4-8-14-12/h11-14H,3-10H2,1-2H3. The third-order valence-electron chi connectivity index (χ3n) is 4.38. The maximum atomic E-state index is 3.59. The molecule has 0 aromatic carbocycles. The molecule has 1 aliphatic carbocycles. The molecular weight excluding hydrogens is 184 g/mol. The van der Waals surface area contributed by atoms with Crippen LogP contribution in [-0.2, 0) is 0 Å². The molecule has 2 fully saturated rings. The number of hydrogen-bond acceptors (Lipinski definition) is 2. The summed E-state index contributed by atoms with van der Waals surface area (Å²) in [7, 11) is 2.32. The van der Waals surface area contributed by atoms with E-state index in [1.165, 1.54) is 51.6 Å². The van der Waals surface area contributed by atoms with Crippen molar-refractivity contribution in [3.63, 3.8) is 0 Å². The third-order valence-corrected chi connectivity index (χ3v) is 4.38. The monoisotopic (exact) mass is 210 g/mol. The van der Waals surface area contributed by atoms with Gasteiger partial charge in [0.05, 0.1) is 0 Å². The lowest BCUT2D eigenvalue weighted by molar-refractivity contribution is 0.220. The first-order valence-electron chi connectivity index (χ1n) is 6.73. The first kappa shape index (κ1) is 11.4. The molecule has 2 heteroatoms. The van der Waals surface area contributed by atoms with Crippen molar-refractivity contribution in [3.8, 4) is 0 Å². The summed E-state index contributed by atoms with van der Waals surface area (Å²) in [6, 6.07) is 1.65. The summed E-state index contributed by atoms with van der Waals surface area (Å²) in [6.45, 7) is 4.84. The molecule has 0 amide bonds. The highest BCUT2D eigenvalue weighted by Gasteiger charge is 2.27. The van der Waals surface area contributed by atoms with Crippen molar-refractivity contribution in [2.45, 2.75) is 57.5 Å². The minimum Gasteiger partial charge on any atom is -0.313 e. The minimum absolute atomic E-state index is 0.774. The second-order valence-corrected chi connectivity index (χ2v) is 5.47. The quantitative estimate of drug-likeness (QED) is 0.765. The van der Waals surface area contributed by atoms with Gasteiger partial charge in [-0.2, -0.15) is 0 Å². The van der Waals surface area contributed by atoms with Gasteiger partial charge in [0, 0.05) is 18.6 Å². The Morgan fingerprint density at radius 2 is 2.13 bits per heavy atom. The zero-order chi connectivity index (χ0) is 10.7. The van der Waals surface area contributed by atoms with Crippen LogP contribution in [0.5, 0.6) is 0 Å². The molecule has 1 N–H and O–H groups in total. The molecular formula is C13H26N2. The van der Waals surface area contributed by atoms with E-state index in [1.54, 1.807) is 0 Å². The Balaban J connectivity index is 1.73. The third kappa shape index (κ3) is 2.94. The molecule has 0 aromatic heterocycles. The lowest BCUT2D eigenvalue weighted by Crippen LogP contribution is -2.40. The van der Waals surface area contributed by atoms with Crippen molar-refractivity contribution in [2.75, 3.05) is 20.1 Å². The van der Waals surface area contributed by atoms with E-state index < -0.39 is 0 Å². The fourth-order valence-electron chi connectivity index (χ4n) is 3.23. The van der Waals surface area contributed by atoms with Gasteiger partial charge in [0.2, 0.25) is 0 Å². The van der Waals surface area contributed by atoms with Crippen molar-refractivity contribution in [1.82, 2.24) is 10.2 Å². The molecule has 1 saturated carbocycles. The summed E-state index contributed by atoms with van der Waals surface area (Å²) in [6.07, 6.45) is 8.48. The van der Waals surface area contributed by atoms with E-state index in [4.69, 9.17) is 0 Å². The van der Waals surface area contributed by atoms with Crippen molar-refractivity contribution in [2.24, 2.45) is 5.92 Å². The molecule has 3 atom stereocenters. The van der Waals surface area contributed by atoms with Crippen LogP contribution in [0.25, 0.3) is 0 Å². The maximum absolute atomic E-state index is 3.59. The zero-order valence-corrected chi connectivity index (χ0v) is 10.3. The number of nitrogens with one attached hydrogen (secondary N) is 1. The molecule has 2 rings (SSSR count). The van der Waals surface area contributed by atoms with E-state index in [-0.39, 0.29) is 0 Å². The molecule has 0 aromatic rings. The number of nitrogens with zero attached hydrogens (tertiary/aromatic N) is 1. The molecule has 0 spiro atoms. The lowest BCUT2D eigenvalue weighted by atomic mass is 10.1. The van der Waals surface area contributed by atoms with Crippen molar-refractivity contribution in [3.05, 3.63) is 0 Å². The van der Waals surface area contributed by atoms with Gasteiger partial charge in [0.25, 0.3) is 0 Å². The second-order valence-electron chi connectivity index (χ2n) is 5.47. The second kappa shape index (κ2) is 5.31. The average molecular weight is 210 g/mol. The van der Waals surface area contributed by atoms with Gasteiger partial charge in [0.1, 0.15) is 0 Å². The minimum atomic E-state index is 0.774. The molecule has 1 heterocycles. The highest BCUT2D eigenvalue weighted by atomic mass is 15.2. The average Bonchev–Trinajstić information content (AvgIpc) is 2.86. The maximum Gasteiger partial charge on any atom is 0.0195 e. The lowest BCUT2D eigenvalue weighted by Gasteiger charge is -2.27. The van der Waals surface area contributed by atoms with Crippen molar-refractivity contribution >= 4 is 0 Å². The number of rotatable bonds is 4. The van der Waals surface area contributed by atoms with Gasteiger partial charge >= 0.3 is 0 Å². The Kier molecular flexibility index (Phi) is 4.04. The van der Waals surface area contributed by atoms with Crippen LogP contribution in [0.4, 0.5) is 0 Å². The smallest absolute Gasteiger partial charge is 0.0195 e. The molecule has 2 aliphatic rings. The SMILES string of the molecule is CCC1CCC(N(C)CC2CCCN2)C1. The molecule has 2 nitrogen and oxygen atoms in total. The molecule has 1 saturated heterocycles. The Morgan fingerprint density at radius 3 is 2.73 bits per heavy atom. The fraction of sp³-hybridized carbons (Fsp3) is 1.00. The van der Waals surface area contributed by atoms with E-state index in [2.05, 4.69) is 24.2 Å². The van der Waals surface area contributed by atoms with Crippen molar-refractivity contribution in [1.29, 1.82) is 0 Å². The van der Waals surface area contributed by atoms with Gasteiger partial charge in [-0.05, 0) is 51.6 Å². The van der Waals surface area contributed by atoms with Gasteiger partial charge in [-0.15, -0.1) is 0 Å². The molecule has 3 unspecified atom stereocenters. The molecule has 88 valence electrons. The Labute approximate surface area is 94.4 Å². The predicted octanol–water partition coefficient (Wildman–Crippen LogP) is 2.25. The molecule has 0 radical (unpaired) electrons. The van der Waals surface area contributed by atoms with Crippen LogP contribution in [0.1, 0.15) is 45.4 Å². The van der Waals surface area contributed by atoms with Crippen LogP contribution in [0.15, 0.2) is 0 Å². The van der Waals surface area contributed by atoms with Gasteiger partial charge in [0.15, 0.2) is 0 Å². The summed E-state index contributed by atoms with van der Waals surface area (Å²) < 4.78 is 0. The van der Waals surface area contributed by atoms with Crippen LogP contribution in [0.3, 0.4) is 0 Å². The Bertz CT molecular complexity index is 187. The summed E-state index contributed by atoms with van der Waals surface area (Å²) in [5, 5.41) is 3.59. The Morgan fingerprint density at radius 1 is 1.27 bits per heavy atom. The van der Waals surface area contributed by atoms with Crippen LogP contribution in [0, 0.1) is 5.92 Å². The van der Waals surface area contributed by atoms with Gasteiger partial charge in [-0.25, -0.2) is 0 Å². The van der Waals surface area contributed by atoms with Crippen LogP contribution in [0.2, 0.25) is 0 Å². The summed E-state index contributed by atoms with van der Waals surface area (Å²) in [5.74, 6) is 1.01. The van der Waals surface area contributed by atoms with Crippen molar-refractivity contribution < 1.29 is 0 Å². The van der Waals surface area contributed by atoms with Gasteiger partial charge < -0.3 is 10.2 Å².